The molecule has 0 aromatic heterocycles. The smallest absolute Gasteiger partial charge is 0.112 e. The fourth-order valence-corrected chi connectivity index (χ4v) is 0.875. The normalized spacial score (nSPS) is 22.2. The van der Waals surface area contributed by atoms with Crippen molar-refractivity contribution in [1.82, 2.24) is 0 Å². The third-order valence-electron chi connectivity index (χ3n) is 1.61. The van der Waals surface area contributed by atoms with Crippen LogP contribution >= 0.6 is 0 Å². The lowest BCUT2D eigenvalue weighted by atomic mass is 10.1. The fraction of sp³-hybridized carbons (Fsp3) is 1.00. The summed E-state index contributed by atoms with van der Waals surface area (Å²) >= 11 is 0. The Hall–Kier alpha value is -0.120. The minimum Gasteiger partial charge on any atom is -0.375 e. The van der Waals surface area contributed by atoms with Gasteiger partial charge in [0.1, 0.15) is 5.60 Å². The van der Waals surface area contributed by atoms with E-state index in [0.29, 0.717) is 6.54 Å². The van der Waals surface area contributed by atoms with Crippen molar-refractivity contribution in [1.29, 1.82) is 0 Å². The van der Waals surface area contributed by atoms with E-state index in [1.54, 1.807) is 0 Å². The molecule has 0 amide bonds. The lowest BCUT2D eigenvalue weighted by Crippen LogP contribution is -2.49. The molecule has 1 heterocycles. The molecule has 3 nitrogen and oxygen atoms in total. The summed E-state index contributed by atoms with van der Waals surface area (Å²) in [4.78, 5) is 0. The zero-order chi connectivity index (χ0) is 7.45. The van der Waals surface area contributed by atoms with Crippen LogP contribution in [0.4, 0.5) is 0 Å². The Morgan fingerprint density at radius 2 is 2.30 bits per heavy atom. The van der Waals surface area contributed by atoms with Gasteiger partial charge in [0, 0.05) is 6.61 Å². The summed E-state index contributed by atoms with van der Waals surface area (Å²) in [5, 5.41) is 0. The summed E-state index contributed by atoms with van der Waals surface area (Å²) in [7, 11) is 0. The highest BCUT2D eigenvalue weighted by atomic mass is 16.6. The van der Waals surface area contributed by atoms with E-state index in [9.17, 15) is 0 Å². The molecule has 0 aliphatic carbocycles. The maximum atomic E-state index is 5.50. The Morgan fingerprint density at radius 1 is 1.60 bits per heavy atom. The Bertz CT molecular complexity index is 102. The molecule has 0 aromatic rings. The van der Waals surface area contributed by atoms with Crippen molar-refractivity contribution >= 4 is 0 Å². The zero-order valence-electron chi connectivity index (χ0n) is 6.43. The Morgan fingerprint density at radius 3 is 2.70 bits per heavy atom. The molecule has 0 bridgehead atoms. The number of rotatable bonds is 4. The molecule has 1 aliphatic rings. The predicted octanol–water partition coefficient (Wildman–Crippen LogP) is 0.141. The quantitative estimate of drug-likeness (QED) is 0.572. The van der Waals surface area contributed by atoms with Gasteiger partial charge in [0.05, 0.1) is 13.2 Å². The number of nitrogens with two attached hydrogens (primary N) is 1. The van der Waals surface area contributed by atoms with Crippen LogP contribution in [0.1, 0.15) is 13.3 Å². The maximum absolute atomic E-state index is 5.50. The van der Waals surface area contributed by atoms with Crippen molar-refractivity contribution < 1.29 is 9.47 Å². The number of hydrogen-bond donors (Lipinski definition) is 1. The summed E-state index contributed by atoms with van der Waals surface area (Å²) in [6, 6.07) is 0. The molecule has 0 unspecified atom stereocenters. The molecular weight excluding hydrogens is 130 g/mol. The van der Waals surface area contributed by atoms with Crippen LogP contribution in [0.3, 0.4) is 0 Å². The van der Waals surface area contributed by atoms with Crippen molar-refractivity contribution in [2.24, 2.45) is 5.73 Å². The van der Waals surface area contributed by atoms with Crippen LogP contribution < -0.4 is 5.73 Å². The fourth-order valence-electron chi connectivity index (χ4n) is 0.875. The van der Waals surface area contributed by atoms with Gasteiger partial charge in [-0.05, 0) is 19.9 Å². The van der Waals surface area contributed by atoms with E-state index >= 15 is 0 Å². The Balaban J connectivity index is 2.01. The van der Waals surface area contributed by atoms with Gasteiger partial charge in [-0.1, -0.05) is 0 Å². The summed E-state index contributed by atoms with van der Waals surface area (Å²) in [6.45, 7) is 5.00. The van der Waals surface area contributed by atoms with E-state index in [1.807, 2.05) is 0 Å². The standard InChI is InChI=1S/C7H15NO2/c1-7(5-9-6-7)10-4-2-3-8/h2-6,8H2,1H3. The molecule has 1 saturated heterocycles. The van der Waals surface area contributed by atoms with Crippen molar-refractivity contribution in [3.05, 3.63) is 0 Å². The second-order valence-electron chi connectivity index (χ2n) is 2.93. The van der Waals surface area contributed by atoms with E-state index in [2.05, 4.69) is 6.92 Å². The monoisotopic (exact) mass is 145 g/mol. The SMILES string of the molecule is CC1(OCCCN)COC1. The van der Waals surface area contributed by atoms with Crippen molar-refractivity contribution in [2.45, 2.75) is 18.9 Å². The minimum atomic E-state index is -0.00479. The van der Waals surface area contributed by atoms with Gasteiger partial charge < -0.3 is 15.2 Å². The molecular formula is C7H15NO2. The second kappa shape index (κ2) is 3.32. The molecule has 3 heteroatoms. The first-order chi connectivity index (χ1) is 4.77. The molecule has 1 aliphatic heterocycles. The molecule has 0 saturated carbocycles. The molecule has 1 fully saturated rings. The molecule has 10 heavy (non-hydrogen) atoms. The minimum absolute atomic E-state index is 0.00479. The largest absolute Gasteiger partial charge is 0.375 e. The second-order valence-corrected chi connectivity index (χ2v) is 2.93. The van der Waals surface area contributed by atoms with Crippen LogP contribution in [-0.2, 0) is 9.47 Å². The van der Waals surface area contributed by atoms with Crippen molar-refractivity contribution in [2.75, 3.05) is 26.4 Å². The predicted molar refractivity (Wildman–Crippen MR) is 38.8 cm³/mol. The van der Waals surface area contributed by atoms with E-state index in [0.717, 1.165) is 26.2 Å². The molecule has 0 spiro atoms. The van der Waals surface area contributed by atoms with Crippen LogP contribution in [0.2, 0.25) is 0 Å². The molecule has 2 N–H and O–H groups in total. The maximum Gasteiger partial charge on any atom is 0.112 e. The zero-order valence-corrected chi connectivity index (χ0v) is 6.43. The summed E-state index contributed by atoms with van der Waals surface area (Å²) < 4.78 is 10.5. The molecule has 1 rings (SSSR count). The third-order valence-corrected chi connectivity index (χ3v) is 1.61. The average Bonchev–Trinajstić information content (AvgIpc) is 1.85. The van der Waals surface area contributed by atoms with Crippen LogP contribution in [0.25, 0.3) is 0 Å². The van der Waals surface area contributed by atoms with E-state index < -0.39 is 0 Å². The molecule has 0 aromatic carbocycles. The van der Waals surface area contributed by atoms with Crippen LogP contribution in [0.5, 0.6) is 0 Å². The summed E-state index contributed by atoms with van der Waals surface area (Å²) in [6.07, 6.45) is 0.940. The average molecular weight is 145 g/mol. The van der Waals surface area contributed by atoms with Crippen LogP contribution in [-0.4, -0.2) is 32.0 Å². The van der Waals surface area contributed by atoms with E-state index in [-0.39, 0.29) is 5.60 Å². The summed E-state index contributed by atoms with van der Waals surface area (Å²) in [5.41, 5.74) is 5.30. The first-order valence-corrected chi connectivity index (χ1v) is 3.69. The Kier molecular flexibility index (Phi) is 2.65. The highest BCUT2D eigenvalue weighted by Crippen LogP contribution is 2.20. The molecule has 0 radical (unpaired) electrons. The van der Waals surface area contributed by atoms with Crippen LogP contribution in [0.15, 0.2) is 0 Å². The number of ether oxygens (including phenoxy) is 2. The van der Waals surface area contributed by atoms with Crippen molar-refractivity contribution in [3.8, 4) is 0 Å². The highest BCUT2D eigenvalue weighted by Gasteiger charge is 2.33. The van der Waals surface area contributed by atoms with Gasteiger partial charge in [-0.3, -0.25) is 0 Å². The molecule has 0 atom stereocenters. The van der Waals surface area contributed by atoms with Gasteiger partial charge in [0.25, 0.3) is 0 Å². The topological polar surface area (TPSA) is 44.5 Å². The third kappa shape index (κ3) is 1.94. The van der Waals surface area contributed by atoms with Gasteiger partial charge in [0.2, 0.25) is 0 Å². The van der Waals surface area contributed by atoms with Gasteiger partial charge in [-0.15, -0.1) is 0 Å². The summed E-state index contributed by atoms with van der Waals surface area (Å²) in [5.74, 6) is 0. The van der Waals surface area contributed by atoms with Gasteiger partial charge in [-0.25, -0.2) is 0 Å². The van der Waals surface area contributed by atoms with Gasteiger partial charge in [0.15, 0.2) is 0 Å². The van der Waals surface area contributed by atoms with Crippen LogP contribution in [0, 0.1) is 0 Å². The van der Waals surface area contributed by atoms with E-state index in [1.165, 1.54) is 0 Å². The first-order valence-electron chi connectivity index (χ1n) is 3.69. The highest BCUT2D eigenvalue weighted by molar-refractivity contribution is 4.81. The lowest BCUT2D eigenvalue weighted by molar-refractivity contribution is -0.198. The van der Waals surface area contributed by atoms with Gasteiger partial charge in [-0.2, -0.15) is 0 Å². The molecule has 60 valence electrons. The lowest BCUT2D eigenvalue weighted by Gasteiger charge is -2.37. The van der Waals surface area contributed by atoms with E-state index in [4.69, 9.17) is 15.2 Å². The Labute approximate surface area is 61.5 Å². The number of hydrogen-bond acceptors (Lipinski definition) is 3. The first kappa shape index (κ1) is 7.98. The van der Waals surface area contributed by atoms with Crippen molar-refractivity contribution in [3.63, 3.8) is 0 Å². The van der Waals surface area contributed by atoms with Gasteiger partial charge >= 0.3 is 0 Å².